The molecule has 1 fully saturated rings. The molecule has 19 heavy (non-hydrogen) atoms. The second-order valence-electron chi connectivity index (χ2n) is 5.18. The van der Waals surface area contributed by atoms with Crippen LogP contribution >= 0.6 is 11.6 Å². The molecule has 0 spiro atoms. The zero-order valence-corrected chi connectivity index (χ0v) is 12.1. The Balaban J connectivity index is 1.86. The molecule has 3 rings (SSSR count). The molecule has 2 bridgehead atoms. The lowest BCUT2D eigenvalue weighted by molar-refractivity contribution is 0.340. The number of hydrogen-bond acceptors (Lipinski definition) is 2. The van der Waals surface area contributed by atoms with Gasteiger partial charge in [-0.15, -0.1) is 0 Å². The van der Waals surface area contributed by atoms with Crippen LogP contribution < -0.4 is 0 Å². The quantitative estimate of drug-likeness (QED) is 0.804. The van der Waals surface area contributed by atoms with Crippen molar-refractivity contribution < 1.29 is 8.42 Å². The molecule has 3 nitrogen and oxygen atoms in total. The van der Waals surface area contributed by atoms with Crippen molar-refractivity contribution in [1.29, 1.82) is 0 Å². The van der Waals surface area contributed by atoms with Crippen molar-refractivity contribution in [2.45, 2.75) is 37.1 Å². The molecule has 0 aromatic heterocycles. The van der Waals surface area contributed by atoms with Crippen molar-refractivity contribution in [3.63, 3.8) is 0 Å². The van der Waals surface area contributed by atoms with Crippen molar-refractivity contribution in [3.05, 3.63) is 47.0 Å². The second kappa shape index (κ2) is 4.93. The molecule has 5 heteroatoms. The van der Waals surface area contributed by atoms with E-state index in [1.807, 2.05) is 12.1 Å². The fraction of sp³-hybridized carbons (Fsp3) is 0.429. The van der Waals surface area contributed by atoms with Crippen LogP contribution in [0, 0.1) is 0 Å². The first-order valence-corrected chi connectivity index (χ1v) is 8.47. The molecule has 1 aromatic carbocycles. The van der Waals surface area contributed by atoms with Gasteiger partial charge in [0.25, 0.3) is 0 Å². The summed E-state index contributed by atoms with van der Waals surface area (Å²) < 4.78 is 26.9. The van der Waals surface area contributed by atoms with Crippen LogP contribution in [0.4, 0.5) is 0 Å². The Morgan fingerprint density at radius 1 is 1.32 bits per heavy atom. The van der Waals surface area contributed by atoms with E-state index in [2.05, 4.69) is 6.08 Å². The Bertz CT molecular complexity index is 612. The first-order chi connectivity index (χ1) is 9.06. The SMILES string of the molecule is O=S(=O)(Cc1cccc(Cl)c1)N1C2C=CCC1CC2. The third kappa shape index (κ3) is 2.57. The molecule has 2 unspecified atom stereocenters. The summed E-state index contributed by atoms with van der Waals surface area (Å²) in [5, 5.41) is 0.578. The molecule has 0 N–H and O–H groups in total. The van der Waals surface area contributed by atoms with Crippen LogP contribution in [-0.4, -0.2) is 24.8 Å². The van der Waals surface area contributed by atoms with Gasteiger partial charge >= 0.3 is 0 Å². The molecule has 0 amide bonds. The number of nitrogens with zero attached hydrogens (tertiary/aromatic N) is 1. The van der Waals surface area contributed by atoms with Crippen molar-refractivity contribution in [2.24, 2.45) is 0 Å². The highest BCUT2D eigenvalue weighted by Gasteiger charge is 2.41. The van der Waals surface area contributed by atoms with Gasteiger partial charge in [-0.2, -0.15) is 4.31 Å². The number of sulfonamides is 1. The fourth-order valence-electron chi connectivity index (χ4n) is 3.03. The maximum absolute atomic E-state index is 12.6. The molecule has 2 heterocycles. The summed E-state index contributed by atoms with van der Waals surface area (Å²) in [5.74, 6) is 0.0361. The van der Waals surface area contributed by atoms with E-state index in [1.54, 1.807) is 22.5 Å². The first kappa shape index (κ1) is 13.2. The molecule has 0 saturated carbocycles. The molecule has 0 radical (unpaired) electrons. The van der Waals surface area contributed by atoms with E-state index in [4.69, 9.17) is 11.6 Å². The monoisotopic (exact) mass is 297 g/mol. The van der Waals surface area contributed by atoms with Gasteiger partial charge in [0, 0.05) is 17.1 Å². The number of rotatable bonds is 3. The van der Waals surface area contributed by atoms with Gasteiger partial charge in [0.1, 0.15) is 0 Å². The Morgan fingerprint density at radius 2 is 2.16 bits per heavy atom. The summed E-state index contributed by atoms with van der Waals surface area (Å²) in [5.41, 5.74) is 0.751. The Morgan fingerprint density at radius 3 is 2.89 bits per heavy atom. The van der Waals surface area contributed by atoms with Crippen LogP contribution in [0.25, 0.3) is 0 Å². The summed E-state index contributed by atoms with van der Waals surface area (Å²) in [6, 6.07) is 7.29. The molecule has 2 atom stereocenters. The van der Waals surface area contributed by atoms with Crippen LogP contribution in [0.1, 0.15) is 24.8 Å². The zero-order valence-electron chi connectivity index (χ0n) is 10.5. The molecule has 2 aliphatic rings. The number of halogens is 1. The number of benzene rings is 1. The van der Waals surface area contributed by atoms with Crippen molar-refractivity contribution >= 4 is 21.6 Å². The van der Waals surface area contributed by atoms with E-state index in [-0.39, 0.29) is 17.8 Å². The lowest BCUT2D eigenvalue weighted by Gasteiger charge is -2.30. The topological polar surface area (TPSA) is 37.4 Å². The Hall–Kier alpha value is -0.840. The summed E-state index contributed by atoms with van der Waals surface area (Å²) in [6.45, 7) is 0. The van der Waals surface area contributed by atoms with Crippen LogP contribution in [0.15, 0.2) is 36.4 Å². The van der Waals surface area contributed by atoms with E-state index in [9.17, 15) is 8.42 Å². The van der Waals surface area contributed by atoms with E-state index in [1.165, 1.54) is 0 Å². The largest absolute Gasteiger partial charge is 0.219 e. The predicted octanol–water partition coefficient (Wildman–Crippen LogP) is 2.96. The summed E-state index contributed by atoms with van der Waals surface area (Å²) in [6.07, 6.45) is 6.88. The highest BCUT2D eigenvalue weighted by Crippen LogP contribution is 2.35. The molecule has 2 aliphatic heterocycles. The molecular weight excluding hydrogens is 282 g/mol. The van der Waals surface area contributed by atoms with Gasteiger partial charge in [-0.3, -0.25) is 0 Å². The first-order valence-electron chi connectivity index (χ1n) is 6.48. The molecule has 1 saturated heterocycles. The average molecular weight is 298 g/mol. The van der Waals surface area contributed by atoms with Gasteiger partial charge in [0.15, 0.2) is 0 Å². The van der Waals surface area contributed by atoms with Gasteiger partial charge in [0.05, 0.1) is 5.75 Å². The normalized spacial score (nSPS) is 26.8. The van der Waals surface area contributed by atoms with Crippen LogP contribution in [0.2, 0.25) is 5.02 Å². The van der Waals surface area contributed by atoms with Crippen molar-refractivity contribution in [3.8, 4) is 0 Å². The minimum atomic E-state index is -3.27. The van der Waals surface area contributed by atoms with Crippen molar-refractivity contribution in [2.75, 3.05) is 0 Å². The predicted molar refractivity (Wildman–Crippen MR) is 76.5 cm³/mol. The van der Waals surface area contributed by atoms with Gasteiger partial charge in [-0.25, -0.2) is 8.42 Å². The van der Waals surface area contributed by atoms with E-state index >= 15 is 0 Å². The lowest BCUT2D eigenvalue weighted by atomic mass is 10.2. The second-order valence-corrected chi connectivity index (χ2v) is 7.49. The highest BCUT2D eigenvalue weighted by atomic mass is 35.5. The highest BCUT2D eigenvalue weighted by molar-refractivity contribution is 7.88. The van der Waals surface area contributed by atoms with Crippen LogP contribution in [0.3, 0.4) is 0 Å². The van der Waals surface area contributed by atoms with Crippen molar-refractivity contribution in [1.82, 2.24) is 4.31 Å². The zero-order chi connectivity index (χ0) is 13.5. The third-order valence-electron chi connectivity index (χ3n) is 3.81. The minimum absolute atomic E-state index is 0.0361. The van der Waals surface area contributed by atoms with Gasteiger partial charge < -0.3 is 0 Å². The van der Waals surface area contributed by atoms with Gasteiger partial charge in [-0.1, -0.05) is 35.9 Å². The van der Waals surface area contributed by atoms with E-state index in [0.29, 0.717) is 5.02 Å². The minimum Gasteiger partial charge on any atom is -0.212 e. The third-order valence-corrected chi connectivity index (χ3v) is 5.95. The average Bonchev–Trinajstić information content (AvgIpc) is 2.61. The summed E-state index contributed by atoms with van der Waals surface area (Å²) in [7, 11) is -3.27. The van der Waals surface area contributed by atoms with Crippen LogP contribution in [-0.2, 0) is 15.8 Å². The standard InChI is InChI=1S/C14H16ClNO2S/c15-12-4-1-3-11(9-12)10-19(17,18)16-13-5-2-6-14(16)8-7-13/h1-5,9,13-14H,6-8,10H2. The molecular formula is C14H16ClNO2S. The van der Waals surface area contributed by atoms with Gasteiger partial charge in [0.2, 0.25) is 10.0 Å². The number of hydrogen-bond donors (Lipinski definition) is 0. The number of fused-ring (bicyclic) bond motifs is 2. The molecule has 0 aliphatic carbocycles. The maximum Gasteiger partial charge on any atom is 0.219 e. The maximum atomic E-state index is 12.6. The van der Waals surface area contributed by atoms with Gasteiger partial charge in [-0.05, 0) is 37.0 Å². The summed E-state index contributed by atoms with van der Waals surface area (Å²) >= 11 is 5.91. The molecule has 1 aromatic rings. The summed E-state index contributed by atoms with van der Waals surface area (Å²) in [4.78, 5) is 0. The fourth-order valence-corrected chi connectivity index (χ4v) is 5.23. The van der Waals surface area contributed by atoms with E-state index in [0.717, 1.165) is 24.8 Å². The Kier molecular flexibility index (Phi) is 3.41. The van der Waals surface area contributed by atoms with E-state index < -0.39 is 10.0 Å². The van der Waals surface area contributed by atoms with Crippen LogP contribution in [0.5, 0.6) is 0 Å². The smallest absolute Gasteiger partial charge is 0.212 e. The lowest BCUT2D eigenvalue weighted by Crippen LogP contribution is -2.42. The Labute approximate surface area is 118 Å². The molecule has 102 valence electrons.